The summed E-state index contributed by atoms with van der Waals surface area (Å²) < 4.78 is 35.1. The van der Waals surface area contributed by atoms with E-state index in [1.54, 1.807) is 19.9 Å². The van der Waals surface area contributed by atoms with Crippen LogP contribution in [0.4, 0.5) is 0 Å². The van der Waals surface area contributed by atoms with E-state index in [0.717, 1.165) is 6.08 Å². The Hall–Kier alpha value is -1.70. The van der Waals surface area contributed by atoms with Crippen molar-refractivity contribution in [3.63, 3.8) is 0 Å². The minimum atomic E-state index is -4.11. The Kier molecular flexibility index (Phi) is 6.73. The van der Waals surface area contributed by atoms with Gasteiger partial charge in [0.15, 0.2) is 4.91 Å². The van der Waals surface area contributed by atoms with Gasteiger partial charge in [-0.05, 0) is 24.1 Å². The van der Waals surface area contributed by atoms with Crippen molar-refractivity contribution in [2.75, 3.05) is 13.9 Å². The molecule has 0 bridgehead atoms. The van der Waals surface area contributed by atoms with Crippen LogP contribution in [0.15, 0.2) is 46.2 Å². The minimum absolute atomic E-state index is 0.0579. The van der Waals surface area contributed by atoms with Gasteiger partial charge < -0.3 is 14.6 Å². The Morgan fingerprint density at radius 3 is 2.32 bits per heavy atom. The van der Waals surface area contributed by atoms with Gasteiger partial charge in [-0.15, -0.1) is 0 Å². The first-order chi connectivity index (χ1) is 10.3. The van der Waals surface area contributed by atoms with E-state index in [-0.39, 0.29) is 17.6 Å². The summed E-state index contributed by atoms with van der Waals surface area (Å²) in [7, 11) is -2.68. The molecule has 0 radical (unpaired) electrons. The molecule has 0 fully saturated rings. The molecule has 1 unspecified atom stereocenters. The summed E-state index contributed by atoms with van der Waals surface area (Å²) in [5.41, 5.74) is 0. The summed E-state index contributed by atoms with van der Waals surface area (Å²) in [6, 6.07) is 7.43. The molecule has 7 heteroatoms. The van der Waals surface area contributed by atoms with Crippen molar-refractivity contribution < 1.29 is 27.8 Å². The molecule has 0 aromatic heterocycles. The highest BCUT2D eigenvalue weighted by Gasteiger charge is 2.28. The van der Waals surface area contributed by atoms with E-state index in [0.29, 0.717) is 0 Å². The second-order valence-electron chi connectivity index (χ2n) is 4.93. The number of carbonyl (C=O) groups is 1. The lowest BCUT2D eigenvalue weighted by Gasteiger charge is -2.18. The number of hydrogen-bond donors (Lipinski definition) is 1. The van der Waals surface area contributed by atoms with Crippen LogP contribution >= 0.6 is 0 Å². The fourth-order valence-electron chi connectivity index (χ4n) is 1.73. The molecular formula is C15H20O6S. The van der Waals surface area contributed by atoms with Gasteiger partial charge in [-0.1, -0.05) is 32.0 Å². The van der Waals surface area contributed by atoms with Crippen LogP contribution in [0.5, 0.6) is 0 Å². The van der Waals surface area contributed by atoms with E-state index >= 15 is 0 Å². The summed E-state index contributed by atoms with van der Waals surface area (Å²) in [5.74, 6) is -1.63. The fraction of sp³-hybridized carbons (Fsp3) is 0.400. The zero-order valence-electron chi connectivity index (χ0n) is 12.7. The number of methoxy groups -OCH3 is 1. The maximum absolute atomic E-state index is 12.5. The van der Waals surface area contributed by atoms with Gasteiger partial charge >= 0.3 is 5.97 Å². The van der Waals surface area contributed by atoms with Crippen molar-refractivity contribution in [3.05, 3.63) is 41.3 Å². The Bertz CT molecular complexity index is 619. The van der Waals surface area contributed by atoms with E-state index in [4.69, 9.17) is 9.47 Å². The molecule has 122 valence electrons. The van der Waals surface area contributed by atoms with Crippen molar-refractivity contribution in [2.24, 2.45) is 5.92 Å². The monoisotopic (exact) mass is 328 g/mol. The standard InChI is InChI=1S/C15H20O6S/c1-11(2)13(21-10-20-3)9-14(15(16)17)22(18,19)12-7-5-4-6-8-12/h4-9,11,13H,10H2,1-3H3,(H,16,17)/b14-9+. The van der Waals surface area contributed by atoms with E-state index in [1.807, 2.05) is 0 Å². The van der Waals surface area contributed by atoms with Gasteiger partial charge in [0.1, 0.15) is 6.79 Å². The molecule has 0 spiro atoms. The zero-order chi connectivity index (χ0) is 16.8. The third kappa shape index (κ3) is 4.66. The number of rotatable bonds is 8. The van der Waals surface area contributed by atoms with E-state index in [2.05, 4.69) is 0 Å². The van der Waals surface area contributed by atoms with E-state index in [1.165, 1.54) is 31.4 Å². The highest BCUT2D eigenvalue weighted by Crippen LogP contribution is 2.22. The average Bonchev–Trinajstić information content (AvgIpc) is 2.47. The largest absolute Gasteiger partial charge is 0.477 e. The smallest absolute Gasteiger partial charge is 0.347 e. The summed E-state index contributed by atoms with van der Waals surface area (Å²) in [4.78, 5) is 10.6. The van der Waals surface area contributed by atoms with Gasteiger partial charge in [0.05, 0.1) is 11.0 Å². The van der Waals surface area contributed by atoms with E-state index < -0.39 is 26.8 Å². The predicted molar refractivity (Wildman–Crippen MR) is 80.9 cm³/mol. The Balaban J connectivity index is 3.27. The van der Waals surface area contributed by atoms with Gasteiger partial charge in [0.25, 0.3) is 0 Å². The Morgan fingerprint density at radius 2 is 1.86 bits per heavy atom. The number of benzene rings is 1. The first-order valence-electron chi connectivity index (χ1n) is 6.66. The van der Waals surface area contributed by atoms with Crippen LogP contribution in [-0.2, 0) is 24.1 Å². The van der Waals surface area contributed by atoms with Crippen molar-refractivity contribution in [2.45, 2.75) is 24.8 Å². The van der Waals surface area contributed by atoms with Crippen LogP contribution in [0, 0.1) is 5.92 Å². The van der Waals surface area contributed by atoms with Crippen molar-refractivity contribution in [1.82, 2.24) is 0 Å². The molecule has 0 heterocycles. The normalized spacial score (nSPS) is 14.1. The molecular weight excluding hydrogens is 308 g/mol. The highest BCUT2D eigenvalue weighted by atomic mass is 32.2. The number of aliphatic carboxylic acids is 1. The molecule has 1 aromatic rings. The molecule has 0 aliphatic carbocycles. The van der Waals surface area contributed by atoms with Crippen molar-refractivity contribution in [3.8, 4) is 0 Å². The summed E-state index contributed by atoms with van der Waals surface area (Å²) in [6.07, 6.45) is 0.429. The van der Waals surface area contributed by atoms with Crippen LogP contribution in [0.3, 0.4) is 0 Å². The number of carboxylic acids is 1. The fourth-order valence-corrected chi connectivity index (χ4v) is 3.04. The molecule has 1 aromatic carbocycles. The first kappa shape index (κ1) is 18.3. The molecule has 0 saturated heterocycles. The number of hydrogen-bond acceptors (Lipinski definition) is 5. The molecule has 0 aliphatic heterocycles. The minimum Gasteiger partial charge on any atom is -0.477 e. The second kappa shape index (κ2) is 8.07. The zero-order valence-corrected chi connectivity index (χ0v) is 13.5. The van der Waals surface area contributed by atoms with Crippen molar-refractivity contribution in [1.29, 1.82) is 0 Å². The molecule has 6 nitrogen and oxygen atoms in total. The van der Waals surface area contributed by atoms with Gasteiger partial charge in [-0.3, -0.25) is 0 Å². The number of carboxylic acid groups (broad SMARTS) is 1. The first-order valence-corrected chi connectivity index (χ1v) is 8.14. The van der Waals surface area contributed by atoms with Crippen LogP contribution in [0.1, 0.15) is 13.8 Å². The molecule has 0 amide bonds. The number of ether oxygens (including phenoxy) is 2. The van der Waals surface area contributed by atoms with Gasteiger partial charge in [0, 0.05) is 7.11 Å². The molecule has 0 saturated carbocycles. The predicted octanol–water partition coefficient (Wildman–Crippen LogP) is 2.07. The lowest BCUT2D eigenvalue weighted by Crippen LogP contribution is -2.23. The van der Waals surface area contributed by atoms with Crippen LogP contribution in [0.2, 0.25) is 0 Å². The van der Waals surface area contributed by atoms with Gasteiger partial charge in [-0.2, -0.15) is 0 Å². The molecule has 1 atom stereocenters. The molecule has 22 heavy (non-hydrogen) atoms. The third-order valence-corrected chi connectivity index (χ3v) is 4.69. The second-order valence-corrected chi connectivity index (χ2v) is 6.85. The lowest BCUT2D eigenvalue weighted by molar-refractivity contribution is -0.132. The Labute approximate surface area is 130 Å². The third-order valence-electron chi connectivity index (χ3n) is 2.90. The molecule has 0 aliphatic rings. The van der Waals surface area contributed by atoms with Gasteiger partial charge in [0.2, 0.25) is 9.84 Å². The van der Waals surface area contributed by atoms with E-state index in [9.17, 15) is 18.3 Å². The average molecular weight is 328 g/mol. The maximum atomic E-state index is 12.5. The summed E-state index contributed by atoms with van der Waals surface area (Å²) in [6.45, 7) is 3.54. The topological polar surface area (TPSA) is 89.9 Å². The van der Waals surface area contributed by atoms with Crippen LogP contribution in [0.25, 0.3) is 0 Å². The van der Waals surface area contributed by atoms with Gasteiger partial charge in [-0.25, -0.2) is 13.2 Å². The molecule has 1 N–H and O–H groups in total. The highest BCUT2D eigenvalue weighted by molar-refractivity contribution is 7.96. The number of sulfone groups is 1. The van der Waals surface area contributed by atoms with Crippen LogP contribution in [-0.4, -0.2) is 39.5 Å². The maximum Gasteiger partial charge on any atom is 0.347 e. The summed E-state index contributed by atoms with van der Waals surface area (Å²) in [5, 5.41) is 9.29. The SMILES string of the molecule is COCOC(/C=C(\C(=O)O)S(=O)(=O)c1ccccc1)C(C)C. The summed E-state index contributed by atoms with van der Waals surface area (Å²) >= 11 is 0. The lowest BCUT2D eigenvalue weighted by atomic mass is 10.1. The van der Waals surface area contributed by atoms with Crippen molar-refractivity contribution >= 4 is 15.8 Å². The Morgan fingerprint density at radius 1 is 1.27 bits per heavy atom. The quantitative estimate of drug-likeness (QED) is 0.580. The molecule has 1 rings (SSSR count). The van der Waals surface area contributed by atoms with Crippen LogP contribution < -0.4 is 0 Å².